The molecule has 3 rings (SSSR count). The number of anilines is 2. The lowest BCUT2D eigenvalue weighted by Gasteiger charge is -2.44. The Balaban J connectivity index is 2.24. The van der Waals surface area contributed by atoms with Crippen LogP contribution in [-0.2, 0) is 4.74 Å². The molecule has 1 aliphatic rings. The summed E-state index contributed by atoms with van der Waals surface area (Å²) < 4.78 is 5.59. The zero-order valence-corrected chi connectivity index (χ0v) is 14.0. The molecule has 1 unspecified atom stereocenters. The molecular weight excluding hydrogens is 270 g/mol. The van der Waals surface area contributed by atoms with Crippen LogP contribution in [0.3, 0.4) is 0 Å². The lowest BCUT2D eigenvalue weighted by atomic mass is 9.66. The van der Waals surface area contributed by atoms with Gasteiger partial charge in [0.05, 0.1) is 6.61 Å². The van der Waals surface area contributed by atoms with E-state index < -0.39 is 0 Å². The largest absolute Gasteiger partial charge is 0.384 e. The van der Waals surface area contributed by atoms with Gasteiger partial charge in [0.1, 0.15) is 0 Å². The molecule has 0 fully saturated rings. The van der Waals surface area contributed by atoms with Gasteiger partial charge in [-0.3, -0.25) is 0 Å². The van der Waals surface area contributed by atoms with E-state index in [-0.39, 0.29) is 5.41 Å². The molecule has 0 saturated carbocycles. The molecule has 1 heterocycles. The van der Waals surface area contributed by atoms with Gasteiger partial charge in [-0.25, -0.2) is 0 Å². The first kappa shape index (κ1) is 15.1. The van der Waals surface area contributed by atoms with Crippen molar-refractivity contribution in [3.63, 3.8) is 0 Å². The third-order valence-electron chi connectivity index (χ3n) is 5.20. The highest BCUT2D eigenvalue weighted by molar-refractivity contribution is 5.76. The lowest BCUT2D eigenvalue weighted by Crippen LogP contribution is -2.35. The van der Waals surface area contributed by atoms with Crippen molar-refractivity contribution in [1.29, 1.82) is 0 Å². The van der Waals surface area contributed by atoms with Crippen LogP contribution in [0.25, 0.3) is 0 Å². The fourth-order valence-electron chi connectivity index (χ4n) is 3.84. The summed E-state index contributed by atoms with van der Waals surface area (Å²) in [5.41, 5.74) is 5.52. The summed E-state index contributed by atoms with van der Waals surface area (Å²) in [6.07, 6.45) is 1.08. The number of ether oxygens (including phenoxy) is 1. The van der Waals surface area contributed by atoms with E-state index in [1.807, 2.05) is 0 Å². The molecule has 116 valence electrons. The van der Waals surface area contributed by atoms with Crippen LogP contribution in [0.15, 0.2) is 48.5 Å². The molecule has 0 spiro atoms. The standard InChI is InChI=1S/C20H25NO/c1-5-20(2,14-22-4)19-15-10-6-8-12-17(15)21(3)18-13-9-7-11-16(18)19/h6-13,19H,5,14H2,1-4H3. The van der Waals surface area contributed by atoms with Gasteiger partial charge in [-0.15, -0.1) is 0 Å². The lowest BCUT2D eigenvalue weighted by molar-refractivity contribution is 0.0764. The van der Waals surface area contributed by atoms with Crippen LogP contribution in [0.1, 0.15) is 37.3 Å². The second kappa shape index (κ2) is 5.77. The summed E-state index contributed by atoms with van der Waals surface area (Å²) in [6.45, 7) is 5.38. The molecule has 0 bridgehead atoms. The maximum absolute atomic E-state index is 5.59. The van der Waals surface area contributed by atoms with E-state index in [0.717, 1.165) is 13.0 Å². The van der Waals surface area contributed by atoms with Gasteiger partial charge in [-0.05, 0) is 29.7 Å². The van der Waals surface area contributed by atoms with Crippen LogP contribution in [0, 0.1) is 5.41 Å². The minimum atomic E-state index is 0.0855. The summed E-state index contributed by atoms with van der Waals surface area (Å²) in [5, 5.41) is 0. The topological polar surface area (TPSA) is 12.5 Å². The molecular formula is C20H25NO. The Hall–Kier alpha value is -1.80. The summed E-state index contributed by atoms with van der Waals surface area (Å²) in [6, 6.07) is 17.5. The second-order valence-electron chi connectivity index (χ2n) is 6.55. The van der Waals surface area contributed by atoms with E-state index in [4.69, 9.17) is 4.74 Å². The first-order chi connectivity index (χ1) is 10.6. The van der Waals surface area contributed by atoms with Crippen molar-refractivity contribution in [2.75, 3.05) is 25.7 Å². The summed E-state index contributed by atoms with van der Waals surface area (Å²) in [5.74, 6) is 0.362. The van der Waals surface area contributed by atoms with E-state index in [2.05, 4.69) is 74.3 Å². The fraction of sp³-hybridized carbons (Fsp3) is 0.400. The van der Waals surface area contributed by atoms with Crippen molar-refractivity contribution in [3.8, 4) is 0 Å². The highest BCUT2D eigenvalue weighted by Crippen LogP contribution is 2.53. The average molecular weight is 295 g/mol. The van der Waals surface area contributed by atoms with Crippen LogP contribution in [0.2, 0.25) is 0 Å². The van der Waals surface area contributed by atoms with Crippen molar-refractivity contribution in [2.24, 2.45) is 5.41 Å². The van der Waals surface area contributed by atoms with Crippen molar-refractivity contribution in [3.05, 3.63) is 59.7 Å². The molecule has 0 radical (unpaired) electrons. The summed E-state index contributed by atoms with van der Waals surface area (Å²) in [4.78, 5) is 2.31. The third kappa shape index (κ3) is 2.22. The summed E-state index contributed by atoms with van der Waals surface area (Å²) >= 11 is 0. The van der Waals surface area contributed by atoms with Gasteiger partial charge in [0, 0.05) is 36.9 Å². The average Bonchev–Trinajstić information content (AvgIpc) is 2.55. The Kier molecular flexibility index (Phi) is 3.96. The predicted octanol–water partition coefficient (Wildman–Crippen LogP) is 4.96. The Morgan fingerprint density at radius 3 is 1.95 bits per heavy atom. The first-order valence-electron chi connectivity index (χ1n) is 8.03. The fourth-order valence-corrected chi connectivity index (χ4v) is 3.84. The van der Waals surface area contributed by atoms with Crippen molar-refractivity contribution in [1.82, 2.24) is 0 Å². The summed E-state index contributed by atoms with van der Waals surface area (Å²) in [7, 11) is 3.97. The van der Waals surface area contributed by atoms with E-state index in [9.17, 15) is 0 Å². The Labute approximate surface area is 133 Å². The van der Waals surface area contributed by atoms with Crippen molar-refractivity contribution < 1.29 is 4.74 Å². The van der Waals surface area contributed by atoms with Gasteiger partial charge >= 0.3 is 0 Å². The number of methoxy groups -OCH3 is 1. The number of fused-ring (bicyclic) bond motifs is 2. The molecule has 1 atom stereocenters. The Morgan fingerprint density at radius 2 is 1.50 bits per heavy atom. The number of hydrogen-bond acceptors (Lipinski definition) is 2. The SMILES string of the molecule is CCC(C)(COC)C1c2ccccc2N(C)c2ccccc21. The minimum Gasteiger partial charge on any atom is -0.384 e. The third-order valence-corrected chi connectivity index (χ3v) is 5.20. The quantitative estimate of drug-likeness (QED) is 0.790. The monoisotopic (exact) mass is 295 g/mol. The van der Waals surface area contributed by atoms with Crippen LogP contribution in [0.4, 0.5) is 11.4 Å². The van der Waals surface area contributed by atoms with E-state index in [0.29, 0.717) is 5.92 Å². The molecule has 0 saturated heterocycles. The molecule has 22 heavy (non-hydrogen) atoms. The molecule has 0 aliphatic carbocycles. The number of benzene rings is 2. The molecule has 2 nitrogen and oxygen atoms in total. The van der Waals surface area contributed by atoms with Crippen LogP contribution >= 0.6 is 0 Å². The zero-order valence-electron chi connectivity index (χ0n) is 14.0. The Bertz CT molecular complexity index is 619. The molecule has 2 aromatic rings. The van der Waals surface area contributed by atoms with Gasteiger partial charge in [0.15, 0.2) is 0 Å². The van der Waals surface area contributed by atoms with Gasteiger partial charge in [-0.1, -0.05) is 50.2 Å². The molecule has 0 aromatic heterocycles. The number of nitrogens with zero attached hydrogens (tertiary/aromatic N) is 1. The van der Waals surface area contributed by atoms with Gasteiger partial charge in [0.2, 0.25) is 0 Å². The highest BCUT2D eigenvalue weighted by Gasteiger charge is 2.40. The van der Waals surface area contributed by atoms with Crippen LogP contribution in [0.5, 0.6) is 0 Å². The number of hydrogen-bond donors (Lipinski definition) is 0. The molecule has 0 amide bonds. The van der Waals surface area contributed by atoms with E-state index in [1.165, 1.54) is 22.5 Å². The second-order valence-corrected chi connectivity index (χ2v) is 6.55. The maximum Gasteiger partial charge on any atom is 0.0525 e. The normalized spacial score (nSPS) is 16.8. The smallest absolute Gasteiger partial charge is 0.0525 e. The van der Waals surface area contributed by atoms with Gasteiger partial charge < -0.3 is 9.64 Å². The van der Waals surface area contributed by atoms with Gasteiger partial charge in [0.25, 0.3) is 0 Å². The number of rotatable bonds is 4. The number of para-hydroxylation sites is 2. The molecule has 2 aromatic carbocycles. The van der Waals surface area contributed by atoms with E-state index >= 15 is 0 Å². The predicted molar refractivity (Wildman–Crippen MR) is 93.1 cm³/mol. The van der Waals surface area contributed by atoms with Crippen molar-refractivity contribution >= 4 is 11.4 Å². The highest BCUT2D eigenvalue weighted by atomic mass is 16.5. The van der Waals surface area contributed by atoms with Crippen molar-refractivity contribution in [2.45, 2.75) is 26.2 Å². The molecule has 2 heteroatoms. The molecule has 1 aliphatic heterocycles. The minimum absolute atomic E-state index is 0.0855. The zero-order chi connectivity index (χ0) is 15.7. The van der Waals surface area contributed by atoms with Crippen LogP contribution < -0.4 is 4.90 Å². The Morgan fingerprint density at radius 1 is 1.00 bits per heavy atom. The van der Waals surface area contributed by atoms with E-state index in [1.54, 1.807) is 7.11 Å². The van der Waals surface area contributed by atoms with Gasteiger partial charge in [-0.2, -0.15) is 0 Å². The molecule has 0 N–H and O–H groups in total. The maximum atomic E-state index is 5.59. The van der Waals surface area contributed by atoms with Crippen LogP contribution in [-0.4, -0.2) is 20.8 Å². The first-order valence-corrected chi connectivity index (χ1v) is 8.03.